The smallest absolute Gasteiger partial charge is 0.131 e. The highest BCUT2D eigenvalue weighted by atomic mass is 16.5. The Kier molecular flexibility index (Phi) is 5.54. The van der Waals surface area contributed by atoms with E-state index in [1.807, 2.05) is 0 Å². The molecule has 0 spiro atoms. The highest BCUT2D eigenvalue weighted by Crippen LogP contribution is 2.33. The van der Waals surface area contributed by atoms with Crippen molar-refractivity contribution in [3.05, 3.63) is 23.4 Å². The van der Waals surface area contributed by atoms with Gasteiger partial charge in [-0.15, -0.1) is 0 Å². The van der Waals surface area contributed by atoms with Gasteiger partial charge in [-0.2, -0.15) is 0 Å². The summed E-state index contributed by atoms with van der Waals surface area (Å²) < 4.78 is 5.45. The molecule has 0 aliphatic carbocycles. The molecule has 0 radical (unpaired) electrons. The Morgan fingerprint density at radius 1 is 1.22 bits per heavy atom. The zero-order valence-corrected chi connectivity index (χ0v) is 14.9. The van der Waals surface area contributed by atoms with Crippen LogP contribution in [0.5, 0.6) is 0 Å². The third-order valence-electron chi connectivity index (χ3n) is 4.98. The van der Waals surface area contributed by atoms with Crippen molar-refractivity contribution >= 4 is 5.82 Å². The third-order valence-corrected chi connectivity index (χ3v) is 4.98. The van der Waals surface area contributed by atoms with Crippen LogP contribution < -0.4 is 4.90 Å². The van der Waals surface area contributed by atoms with E-state index in [1.165, 1.54) is 43.5 Å². The van der Waals surface area contributed by atoms with Crippen molar-refractivity contribution in [2.75, 3.05) is 44.3 Å². The van der Waals surface area contributed by atoms with Gasteiger partial charge in [0.25, 0.3) is 0 Å². The van der Waals surface area contributed by atoms with E-state index in [0.717, 1.165) is 38.0 Å². The van der Waals surface area contributed by atoms with E-state index >= 15 is 0 Å². The number of anilines is 1. The van der Waals surface area contributed by atoms with E-state index in [1.54, 1.807) is 0 Å². The van der Waals surface area contributed by atoms with Gasteiger partial charge in [0.15, 0.2) is 0 Å². The van der Waals surface area contributed by atoms with E-state index in [-0.39, 0.29) is 0 Å². The molecule has 0 aromatic carbocycles. The Morgan fingerprint density at radius 2 is 2.00 bits per heavy atom. The molecule has 3 heterocycles. The van der Waals surface area contributed by atoms with Gasteiger partial charge in [-0.1, -0.05) is 20.3 Å². The second-order valence-corrected chi connectivity index (χ2v) is 7.41. The highest BCUT2D eigenvalue weighted by Gasteiger charge is 2.25. The summed E-state index contributed by atoms with van der Waals surface area (Å²) in [6, 6.07) is 2.93. The molecule has 1 aromatic heterocycles. The fraction of sp³-hybridized carbons (Fsp3) is 0.737. The Hall–Kier alpha value is -1.13. The summed E-state index contributed by atoms with van der Waals surface area (Å²) in [5, 5.41) is 0. The molecule has 128 valence electrons. The van der Waals surface area contributed by atoms with Crippen LogP contribution >= 0.6 is 0 Å². The number of pyridine rings is 1. The zero-order chi connectivity index (χ0) is 16.2. The molecule has 1 aromatic rings. The van der Waals surface area contributed by atoms with Crippen LogP contribution in [0.3, 0.4) is 0 Å². The van der Waals surface area contributed by atoms with Crippen molar-refractivity contribution in [2.45, 2.75) is 46.1 Å². The standard InChI is InChI=1S/C19H31N3O/c1-15(2)14-22-7-5-4-6-18(22)17-12-16(3)19(20-13-17)21-8-10-23-11-9-21/h12-13,15,18H,4-11,14H2,1-3H3. The number of nitrogens with zero attached hydrogens (tertiary/aromatic N) is 3. The zero-order valence-electron chi connectivity index (χ0n) is 14.9. The molecule has 0 N–H and O–H groups in total. The largest absolute Gasteiger partial charge is 0.378 e. The van der Waals surface area contributed by atoms with Gasteiger partial charge in [0.1, 0.15) is 5.82 Å². The lowest BCUT2D eigenvalue weighted by Gasteiger charge is -2.37. The summed E-state index contributed by atoms with van der Waals surface area (Å²) in [6.45, 7) is 12.8. The number of morpholine rings is 1. The lowest BCUT2D eigenvalue weighted by Crippen LogP contribution is -2.38. The lowest BCUT2D eigenvalue weighted by atomic mass is 9.94. The minimum atomic E-state index is 0.552. The molecule has 2 fully saturated rings. The van der Waals surface area contributed by atoms with Crippen molar-refractivity contribution in [3.63, 3.8) is 0 Å². The number of piperidine rings is 1. The van der Waals surface area contributed by atoms with E-state index in [9.17, 15) is 0 Å². The molecule has 3 rings (SSSR count). The van der Waals surface area contributed by atoms with Crippen molar-refractivity contribution in [1.82, 2.24) is 9.88 Å². The molecule has 0 bridgehead atoms. The maximum atomic E-state index is 5.45. The van der Waals surface area contributed by atoms with Crippen molar-refractivity contribution < 1.29 is 4.74 Å². The van der Waals surface area contributed by atoms with Crippen molar-refractivity contribution in [1.29, 1.82) is 0 Å². The number of rotatable bonds is 4. The summed E-state index contributed by atoms with van der Waals surface area (Å²) in [5.74, 6) is 1.86. The summed E-state index contributed by atoms with van der Waals surface area (Å²) in [4.78, 5) is 9.86. The maximum Gasteiger partial charge on any atom is 0.131 e. The Bertz CT molecular complexity index is 511. The Labute approximate surface area is 140 Å². The molecule has 2 aliphatic heterocycles. The Morgan fingerprint density at radius 3 is 2.70 bits per heavy atom. The molecular weight excluding hydrogens is 286 g/mol. The number of aromatic nitrogens is 1. The second kappa shape index (κ2) is 7.63. The molecule has 1 unspecified atom stereocenters. The van der Waals surface area contributed by atoms with E-state index in [0.29, 0.717) is 6.04 Å². The normalized spacial score (nSPS) is 23.5. The molecule has 0 amide bonds. The van der Waals surface area contributed by atoms with E-state index < -0.39 is 0 Å². The van der Waals surface area contributed by atoms with Crippen LogP contribution in [0, 0.1) is 12.8 Å². The first-order valence-electron chi connectivity index (χ1n) is 9.18. The summed E-state index contributed by atoms with van der Waals surface area (Å²) in [7, 11) is 0. The summed E-state index contributed by atoms with van der Waals surface area (Å²) in [5.41, 5.74) is 2.71. The molecule has 2 aliphatic rings. The fourth-order valence-corrected chi connectivity index (χ4v) is 3.93. The van der Waals surface area contributed by atoms with Gasteiger partial charge in [-0.25, -0.2) is 4.98 Å². The summed E-state index contributed by atoms with van der Waals surface area (Å²) in [6.07, 6.45) is 6.07. The van der Waals surface area contributed by atoms with Gasteiger partial charge in [0.05, 0.1) is 13.2 Å². The van der Waals surface area contributed by atoms with Gasteiger partial charge in [-0.05, 0) is 49.4 Å². The molecule has 4 heteroatoms. The lowest BCUT2D eigenvalue weighted by molar-refractivity contribution is 0.122. The SMILES string of the molecule is Cc1cc(C2CCCCN2CC(C)C)cnc1N1CCOCC1. The fourth-order valence-electron chi connectivity index (χ4n) is 3.93. The van der Waals surface area contributed by atoms with Crippen molar-refractivity contribution in [3.8, 4) is 0 Å². The number of hydrogen-bond donors (Lipinski definition) is 0. The molecular formula is C19H31N3O. The Balaban J connectivity index is 1.77. The van der Waals surface area contributed by atoms with Gasteiger partial charge >= 0.3 is 0 Å². The van der Waals surface area contributed by atoms with Gasteiger partial charge < -0.3 is 9.64 Å². The van der Waals surface area contributed by atoms with Crippen LogP contribution in [0.15, 0.2) is 12.3 Å². The average Bonchev–Trinajstić information content (AvgIpc) is 2.55. The van der Waals surface area contributed by atoms with Crippen LogP contribution in [-0.4, -0.2) is 49.3 Å². The van der Waals surface area contributed by atoms with Crippen LogP contribution in [0.25, 0.3) is 0 Å². The average molecular weight is 317 g/mol. The first-order chi connectivity index (χ1) is 11.1. The summed E-state index contributed by atoms with van der Waals surface area (Å²) >= 11 is 0. The number of ether oxygens (including phenoxy) is 1. The minimum absolute atomic E-state index is 0.552. The van der Waals surface area contributed by atoms with Gasteiger partial charge in [0, 0.05) is 31.9 Å². The predicted octanol–water partition coefficient (Wildman–Crippen LogP) is 3.41. The van der Waals surface area contributed by atoms with E-state index in [2.05, 4.69) is 42.8 Å². The maximum absolute atomic E-state index is 5.45. The highest BCUT2D eigenvalue weighted by molar-refractivity contribution is 5.48. The molecule has 1 atom stereocenters. The number of aryl methyl sites for hydroxylation is 1. The number of hydrogen-bond acceptors (Lipinski definition) is 4. The first-order valence-corrected chi connectivity index (χ1v) is 9.18. The van der Waals surface area contributed by atoms with Gasteiger partial charge in [0.2, 0.25) is 0 Å². The first kappa shape index (κ1) is 16.7. The molecule has 0 saturated carbocycles. The monoisotopic (exact) mass is 317 g/mol. The van der Waals surface area contributed by atoms with Crippen LogP contribution in [0.2, 0.25) is 0 Å². The van der Waals surface area contributed by atoms with Crippen molar-refractivity contribution in [2.24, 2.45) is 5.92 Å². The van der Waals surface area contributed by atoms with Crippen LogP contribution in [0.4, 0.5) is 5.82 Å². The van der Waals surface area contributed by atoms with E-state index in [4.69, 9.17) is 9.72 Å². The minimum Gasteiger partial charge on any atom is -0.378 e. The predicted molar refractivity (Wildman–Crippen MR) is 95.0 cm³/mol. The van der Waals surface area contributed by atoms with Crippen LogP contribution in [-0.2, 0) is 4.74 Å². The number of likely N-dealkylation sites (tertiary alicyclic amines) is 1. The second-order valence-electron chi connectivity index (χ2n) is 7.41. The quantitative estimate of drug-likeness (QED) is 0.851. The third kappa shape index (κ3) is 4.04. The molecule has 4 nitrogen and oxygen atoms in total. The topological polar surface area (TPSA) is 28.6 Å². The molecule has 23 heavy (non-hydrogen) atoms. The molecule has 2 saturated heterocycles. The van der Waals surface area contributed by atoms with Gasteiger partial charge in [-0.3, -0.25) is 4.90 Å². The van der Waals surface area contributed by atoms with Crippen LogP contribution in [0.1, 0.15) is 50.3 Å².